The first-order valence-corrected chi connectivity index (χ1v) is 9.92. The normalized spacial score (nSPS) is 15.9. The summed E-state index contributed by atoms with van der Waals surface area (Å²) in [5.41, 5.74) is 2.14. The van der Waals surface area contributed by atoms with E-state index in [4.69, 9.17) is 0 Å². The monoisotopic (exact) mass is 465 g/mol. The number of anilines is 1. The number of carbonyl (C=O) groups excluding carboxylic acids is 1. The second kappa shape index (κ2) is 8.94. The molecule has 132 valence electrons. The van der Waals surface area contributed by atoms with Crippen LogP contribution in [-0.2, 0) is 11.3 Å². The predicted octanol–water partition coefficient (Wildman–Crippen LogP) is 3.97. The lowest BCUT2D eigenvalue weighted by Crippen LogP contribution is -2.48. The molecule has 1 aliphatic rings. The van der Waals surface area contributed by atoms with Gasteiger partial charge in [0.15, 0.2) is 0 Å². The molecule has 0 bridgehead atoms. The van der Waals surface area contributed by atoms with Gasteiger partial charge in [0.2, 0.25) is 5.91 Å². The number of piperazine rings is 1. The molecule has 1 saturated heterocycles. The maximum Gasteiger partial charge on any atom is 0.238 e. The van der Waals surface area contributed by atoms with Crippen molar-refractivity contribution in [2.24, 2.45) is 0 Å². The molecule has 1 amide bonds. The molecule has 0 radical (unpaired) electrons. The Bertz CT molecular complexity index is 696. The van der Waals surface area contributed by atoms with Gasteiger partial charge in [-0.15, -0.1) is 0 Å². The van der Waals surface area contributed by atoms with Crippen molar-refractivity contribution in [2.75, 3.05) is 38.0 Å². The van der Waals surface area contributed by atoms with Crippen LogP contribution >= 0.6 is 31.9 Å². The Morgan fingerprint density at radius 1 is 0.920 bits per heavy atom. The van der Waals surface area contributed by atoms with E-state index in [0.717, 1.165) is 47.4 Å². The van der Waals surface area contributed by atoms with Gasteiger partial charge in [0, 0.05) is 47.4 Å². The van der Waals surface area contributed by atoms with E-state index in [-0.39, 0.29) is 5.91 Å². The molecule has 25 heavy (non-hydrogen) atoms. The standard InChI is InChI=1S/C19H21Br2N3O/c20-16-10-17(21)12-18(11-16)22-19(25)14-24-8-6-23(7-9-24)13-15-4-2-1-3-5-15/h1-5,10-12H,6-9,13-14H2,(H,22,25). The summed E-state index contributed by atoms with van der Waals surface area (Å²) in [7, 11) is 0. The van der Waals surface area contributed by atoms with E-state index in [1.54, 1.807) is 0 Å². The van der Waals surface area contributed by atoms with Crippen LogP contribution in [0.1, 0.15) is 5.56 Å². The van der Waals surface area contributed by atoms with Crippen molar-refractivity contribution in [1.82, 2.24) is 9.80 Å². The van der Waals surface area contributed by atoms with Crippen molar-refractivity contribution in [1.29, 1.82) is 0 Å². The van der Waals surface area contributed by atoms with Crippen LogP contribution in [0.15, 0.2) is 57.5 Å². The quantitative estimate of drug-likeness (QED) is 0.724. The van der Waals surface area contributed by atoms with E-state index in [1.165, 1.54) is 5.56 Å². The van der Waals surface area contributed by atoms with E-state index in [0.29, 0.717) is 6.54 Å². The minimum atomic E-state index is 0.0292. The highest BCUT2D eigenvalue weighted by Gasteiger charge is 2.19. The Balaban J connectivity index is 1.44. The second-order valence-corrected chi connectivity index (χ2v) is 8.08. The molecule has 0 aliphatic carbocycles. The van der Waals surface area contributed by atoms with Gasteiger partial charge in [-0.25, -0.2) is 0 Å². The second-order valence-electron chi connectivity index (χ2n) is 6.24. The third kappa shape index (κ3) is 5.92. The largest absolute Gasteiger partial charge is 0.325 e. The molecule has 0 atom stereocenters. The van der Waals surface area contributed by atoms with E-state index >= 15 is 0 Å². The summed E-state index contributed by atoms with van der Waals surface area (Å²) >= 11 is 6.88. The van der Waals surface area contributed by atoms with Gasteiger partial charge < -0.3 is 5.32 Å². The van der Waals surface area contributed by atoms with Crippen LogP contribution < -0.4 is 5.32 Å². The minimum absolute atomic E-state index is 0.0292. The number of nitrogens with zero attached hydrogens (tertiary/aromatic N) is 2. The molecule has 1 fully saturated rings. The molecule has 4 nitrogen and oxygen atoms in total. The molecule has 1 heterocycles. The van der Waals surface area contributed by atoms with Gasteiger partial charge >= 0.3 is 0 Å². The van der Waals surface area contributed by atoms with Crippen LogP contribution in [0.3, 0.4) is 0 Å². The predicted molar refractivity (Wildman–Crippen MR) is 109 cm³/mol. The number of nitrogens with one attached hydrogen (secondary N) is 1. The minimum Gasteiger partial charge on any atom is -0.325 e. The van der Waals surface area contributed by atoms with Crippen LogP contribution in [0.25, 0.3) is 0 Å². The first-order valence-electron chi connectivity index (χ1n) is 8.33. The summed E-state index contributed by atoms with van der Waals surface area (Å²) in [4.78, 5) is 16.9. The zero-order valence-corrected chi connectivity index (χ0v) is 17.1. The lowest BCUT2D eigenvalue weighted by Gasteiger charge is -2.34. The molecule has 0 spiro atoms. The molecule has 3 rings (SSSR count). The molecule has 6 heteroatoms. The van der Waals surface area contributed by atoms with E-state index in [2.05, 4.69) is 71.2 Å². The average Bonchev–Trinajstić information content (AvgIpc) is 2.56. The fourth-order valence-corrected chi connectivity index (χ4v) is 4.27. The van der Waals surface area contributed by atoms with Crippen molar-refractivity contribution in [3.8, 4) is 0 Å². The van der Waals surface area contributed by atoms with Crippen molar-refractivity contribution in [3.63, 3.8) is 0 Å². The van der Waals surface area contributed by atoms with Crippen LogP contribution in [0.2, 0.25) is 0 Å². The fourth-order valence-electron chi connectivity index (χ4n) is 2.98. The summed E-state index contributed by atoms with van der Waals surface area (Å²) in [6, 6.07) is 16.3. The first-order chi connectivity index (χ1) is 12.1. The SMILES string of the molecule is O=C(CN1CCN(Cc2ccccc2)CC1)Nc1cc(Br)cc(Br)c1. The van der Waals surface area contributed by atoms with Gasteiger partial charge in [0.25, 0.3) is 0 Å². The Kier molecular flexibility index (Phi) is 6.64. The number of halogens is 2. The molecular formula is C19H21Br2N3O. The van der Waals surface area contributed by atoms with Gasteiger partial charge in [-0.3, -0.25) is 14.6 Å². The van der Waals surface area contributed by atoms with Crippen LogP contribution in [0.5, 0.6) is 0 Å². The number of amides is 1. The van der Waals surface area contributed by atoms with Crippen LogP contribution in [0, 0.1) is 0 Å². The van der Waals surface area contributed by atoms with E-state index in [1.807, 2.05) is 24.3 Å². The van der Waals surface area contributed by atoms with E-state index in [9.17, 15) is 4.79 Å². The topological polar surface area (TPSA) is 35.6 Å². The maximum absolute atomic E-state index is 12.3. The molecule has 0 aromatic heterocycles. The average molecular weight is 467 g/mol. The third-order valence-electron chi connectivity index (χ3n) is 4.23. The molecule has 1 N–H and O–H groups in total. The maximum atomic E-state index is 12.3. The van der Waals surface area contributed by atoms with Gasteiger partial charge in [0.1, 0.15) is 0 Å². The van der Waals surface area contributed by atoms with Crippen molar-refractivity contribution in [3.05, 3.63) is 63.0 Å². The smallest absolute Gasteiger partial charge is 0.238 e. The van der Waals surface area contributed by atoms with Crippen LogP contribution in [-0.4, -0.2) is 48.4 Å². The summed E-state index contributed by atoms with van der Waals surface area (Å²) in [5, 5.41) is 2.97. The van der Waals surface area contributed by atoms with Gasteiger partial charge in [-0.1, -0.05) is 62.2 Å². The summed E-state index contributed by atoms with van der Waals surface area (Å²) in [5.74, 6) is 0.0292. The number of rotatable bonds is 5. The molecule has 0 saturated carbocycles. The number of hydrogen-bond acceptors (Lipinski definition) is 3. The van der Waals surface area contributed by atoms with Gasteiger partial charge in [-0.2, -0.15) is 0 Å². The van der Waals surface area contributed by atoms with Crippen molar-refractivity contribution in [2.45, 2.75) is 6.54 Å². The highest BCUT2D eigenvalue weighted by molar-refractivity contribution is 9.11. The lowest BCUT2D eigenvalue weighted by molar-refractivity contribution is -0.117. The van der Waals surface area contributed by atoms with Crippen LogP contribution in [0.4, 0.5) is 5.69 Å². The lowest BCUT2D eigenvalue weighted by atomic mass is 10.2. The molecular weight excluding hydrogens is 446 g/mol. The Morgan fingerprint density at radius 2 is 1.52 bits per heavy atom. The third-order valence-corrected chi connectivity index (χ3v) is 5.14. The summed E-state index contributed by atoms with van der Waals surface area (Å²) in [6.45, 7) is 5.23. The van der Waals surface area contributed by atoms with Gasteiger partial charge in [0.05, 0.1) is 6.54 Å². The van der Waals surface area contributed by atoms with E-state index < -0.39 is 0 Å². The Morgan fingerprint density at radius 3 is 2.16 bits per heavy atom. The van der Waals surface area contributed by atoms with Crippen molar-refractivity contribution >= 4 is 43.5 Å². The number of hydrogen-bond donors (Lipinski definition) is 1. The molecule has 2 aromatic rings. The Labute approximate surface area is 165 Å². The fraction of sp³-hybridized carbons (Fsp3) is 0.316. The molecule has 0 unspecified atom stereocenters. The Hall–Kier alpha value is -1.21. The first kappa shape index (κ1) is 18.6. The zero-order chi connectivity index (χ0) is 17.6. The van der Waals surface area contributed by atoms with Gasteiger partial charge in [-0.05, 0) is 23.8 Å². The molecule has 1 aliphatic heterocycles. The summed E-state index contributed by atoms with van der Waals surface area (Å²) in [6.07, 6.45) is 0. The van der Waals surface area contributed by atoms with Crippen molar-refractivity contribution < 1.29 is 4.79 Å². The number of carbonyl (C=O) groups is 1. The zero-order valence-electron chi connectivity index (χ0n) is 13.9. The molecule has 2 aromatic carbocycles. The highest BCUT2D eigenvalue weighted by Crippen LogP contribution is 2.23. The highest BCUT2D eigenvalue weighted by atomic mass is 79.9. The summed E-state index contributed by atoms with van der Waals surface area (Å²) < 4.78 is 1.87. The number of benzene rings is 2.